The van der Waals surface area contributed by atoms with Crippen LogP contribution in [0.5, 0.6) is 0 Å². The minimum atomic E-state index is 1.09. The van der Waals surface area contributed by atoms with E-state index in [9.17, 15) is 0 Å². The van der Waals surface area contributed by atoms with Gasteiger partial charge in [0.15, 0.2) is 0 Å². The summed E-state index contributed by atoms with van der Waals surface area (Å²) < 4.78 is 0. The molecule has 0 unspecified atom stereocenters. The fourth-order valence-electron chi connectivity index (χ4n) is 2.10. The molecule has 0 bridgehead atoms. The van der Waals surface area contributed by atoms with Gasteiger partial charge in [0.05, 0.1) is 0 Å². The Kier molecular flexibility index (Phi) is 10.5. The Balaban J connectivity index is 4.70. The molecule has 0 atom stereocenters. The molecule has 0 aliphatic rings. The van der Waals surface area contributed by atoms with Crippen molar-refractivity contribution in [3.63, 3.8) is 0 Å². The quantitative estimate of drug-likeness (QED) is 0.579. The van der Waals surface area contributed by atoms with Gasteiger partial charge in [-0.25, -0.2) is 0 Å². The highest BCUT2D eigenvalue weighted by Crippen LogP contribution is 2.15. The van der Waals surface area contributed by atoms with E-state index in [1.807, 2.05) is 0 Å². The molecule has 0 saturated heterocycles. The molecule has 102 valence electrons. The molecule has 0 rings (SSSR count). The van der Waals surface area contributed by atoms with Gasteiger partial charge in [0, 0.05) is 31.7 Å². The van der Waals surface area contributed by atoms with Crippen molar-refractivity contribution in [3.8, 4) is 0 Å². The Morgan fingerprint density at radius 2 is 1.06 bits per heavy atom. The van der Waals surface area contributed by atoms with Crippen LogP contribution in [0.1, 0.15) is 53.4 Å². The molecule has 0 radical (unpaired) electrons. The standard InChI is InChI=1S/C14H29ClN2/c1-5-9-16(10-6-2)14(13-15)17(11-7-3)12-8-4/h13H,5-12H2,1-4H3. The molecular formula is C14H29ClN2. The lowest BCUT2D eigenvalue weighted by atomic mass is 10.3. The first-order valence-electron chi connectivity index (χ1n) is 7.05. The first-order chi connectivity index (χ1) is 8.24. The second-order valence-electron chi connectivity index (χ2n) is 4.44. The highest BCUT2D eigenvalue weighted by molar-refractivity contribution is 6.25. The van der Waals surface area contributed by atoms with E-state index >= 15 is 0 Å². The van der Waals surface area contributed by atoms with Gasteiger partial charge >= 0.3 is 0 Å². The maximum absolute atomic E-state index is 6.05. The van der Waals surface area contributed by atoms with Gasteiger partial charge in [-0.15, -0.1) is 0 Å². The summed E-state index contributed by atoms with van der Waals surface area (Å²) >= 11 is 6.05. The van der Waals surface area contributed by atoms with E-state index in [1.165, 1.54) is 31.5 Å². The van der Waals surface area contributed by atoms with E-state index in [2.05, 4.69) is 37.5 Å². The van der Waals surface area contributed by atoms with Crippen molar-refractivity contribution in [3.05, 3.63) is 11.4 Å². The summed E-state index contributed by atoms with van der Waals surface area (Å²) in [6, 6.07) is 0. The van der Waals surface area contributed by atoms with Crippen LogP contribution >= 0.6 is 11.6 Å². The number of halogens is 1. The van der Waals surface area contributed by atoms with Gasteiger partial charge in [-0.05, 0) is 25.7 Å². The number of rotatable bonds is 10. The van der Waals surface area contributed by atoms with Crippen LogP contribution in [0, 0.1) is 0 Å². The zero-order valence-corrected chi connectivity index (χ0v) is 12.8. The lowest BCUT2D eigenvalue weighted by Gasteiger charge is -2.35. The number of hydrogen-bond donors (Lipinski definition) is 0. The monoisotopic (exact) mass is 260 g/mol. The van der Waals surface area contributed by atoms with Crippen LogP contribution in [0.4, 0.5) is 0 Å². The summed E-state index contributed by atoms with van der Waals surface area (Å²) in [5.74, 6) is 1.21. The fourth-order valence-corrected chi connectivity index (χ4v) is 2.38. The molecule has 17 heavy (non-hydrogen) atoms. The van der Waals surface area contributed by atoms with Gasteiger partial charge in [0.25, 0.3) is 0 Å². The zero-order valence-electron chi connectivity index (χ0n) is 12.0. The average Bonchev–Trinajstić information content (AvgIpc) is 2.31. The molecule has 3 heteroatoms. The summed E-state index contributed by atoms with van der Waals surface area (Å²) in [6.07, 6.45) is 4.67. The first kappa shape index (κ1) is 16.6. The third-order valence-corrected chi connectivity index (χ3v) is 2.91. The Hall–Kier alpha value is -0.370. The van der Waals surface area contributed by atoms with Gasteiger partial charge in [0.1, 0.15) is 5.82 Å². The van der Waals surface area contributed by atoms with Gasteiger partial charge in [-0.3, -0.25) is 0 Å². The normalized spacial score (nSPS) is 10.2. The molecule has 0 N–H and O–H groups in total. The van der Waals surface area contributed by atoms with Gasteiger partial charge in [-0.2, -0.15) is 0 Å². The molecule has 0 spiro atoms. The molecule has 0 saturated carbocycles. The second kappa shape index (κ2) is 10.8. The molecule has 0 heterocycles. The van der Waals surface area contributed by atoms with Crippen LogP contribution in [0.15, 0.2) is 11.4 Å². The highest BCUT2D eigenvalue weighted by atomic mass is 35.5. The predicted octanol–water partition coefficient (Wildman–Crippen LogP) is 4.27. The maximum atomic E-state index is 6.05. The van der Waals surface area contributed by atoms with E-state index in [-0.39, 0.29) is 0 Å². The smallest absolute Gasteiger partial charge is 0.116 e. The Morgan fingerprint density at radius 3 is 1.24 bits per heavy atom. The fraction of sp³-hybridized carbons (Fsp3) is 0.857. The molecule has 0 aromatic carbocycles. The summed E-state index contributed by atoms with van der Waals surface area (Å²) in [4.78, 5) is 4.83. The lowest BCUT2D eigenvalue weighted by molar-refractivity contribution is 0.208. The molecule has 0 aromatic rings. The minimum Gasteiger partial charge on any atom is -0.358 e. The van der Waals surface area contributed by atoms with E-state index in [0.717, 1.165) is 26.2 Å². The summed E-state index contributed by atoms with van der Waals surface area (Å²) in [5.41, 5.74) is 1.76. The van der Waals surface area contributed by atoms with E-state index in [0.29, 0.717) is 0 Å². The Labute approximate surface area is 113 Å². The van der Waals surface area contributed by atoms with E-state index in [1.54, 1.807) is 5.54 Å². The van der Waals surface area contributed by atoms with Crippen molar-refractivity contribution >= 4 is 11.6 Å². The minimum absolute atomic E-state index is 1.09. The van der Waals surface area contributed by atoms with Crippen molar-refractivity contribution in [2.45, 2.75) is 53.4 Å². The average molecular weight is 261 g/mol. The number of hydrogen-bond acceptors (Lipinski definition) is 2. The lowest BCUT2D eigenvalue weighted by Crippen LogP contribution is -2.37. The Bertz CT molecular complexity index is 174. The summed E-state index contributed by atoms with van der Waals surface area (Å²) in [7, 11) is 0. The predicted molar refractivity (Wildman–Crippen MR) is 78.2 cm³/mol. The summed E-state index contributed by atoms with van der Waals surface area (Å²) in [6.45, 7) is 13.3. The largest absolute Gasteiger partial charge is 0.358 e. The highest BCUT2D eigenvalue weighted by Gasteiger charge is 2.14. The zero-order chi connectivity index (χ0) is 13.1. The number of nitrogens with zero attached hydrogens (tertiary/aromatic N) is 2. The third-order valence-electron chi connectivity index (χ3n) is 2.72. The van der Waals surface area contributed by atoms with Crippen molar-refractivity contribution in [2.75, 3.05) is 26.2 Å². The van der Waals surface area contributed by atoms with Crippen LogP contribution in [0.25, 0.3) is 0 Å². The SMILES string of the molecule is CCCN(CCC)C(=CCl)N(CCC)CCC. The van der Waals surface area contributed by atoms with Crippen molar-refractivity contribution < 1.29 is 0 Å². The molecule has 0 aliphatic carbocycles. The molecule has 0 aromatic heterocycles. The van der Waals surface area contributed by atoms with Gasteiger partial charge in [-0.1, -0.05) is 39.3 Å². The van der Waals surface area contributed by atoms with Gasteiger partial charge in [0.2, 0.25) is 0 Å². The van der Waals surface area contributed by atoms with Crippen LogP contribution in [0.3, 0.4) is 0 Å². The second-order valence-corrected chi connectivity index (χ2v) is 4.66. The molecular weight excluding hydrogens is 232 g/mol. The van der Waals surface area contributed by atoms with E-state index in [4.69, 9.17) is 11.6 Å². The van der Waals surface area contributed by atoms with Gasteiger partial charge < -0.3 is 9.80 Å². The Morgan fingerprint density at radius 1 is 0.765 bits per heavy atom. The van der Waals surface area contributed by atoms with Crippen molar-refractivity contribution in [1.82, 2.24) is 9.80 Å². The molecule has 0 aliphatic heterocycles. The maximum Gasteiger partial charge on any atom is 0.116 e. The topological polar surface area (TPSA) is 6.48 Å². The van der Waals surface area contributed by atoms with Crippen LogP contribution < -0.4 is 0 Å². The molecule has 2 nitrogen and oxygen atoms in total. The molecule has 0 amide bonds. The van der Waals surface area contributed by atoms with Crippen molar-refractivity contribution in [2.24, 2.45) is 0 Å². The van der Waals surface area contributed by atoms with Crippen LogP contribution in [-0.4, -0.2) is 36.0 Å². The van der Waals surface area contributed by atoms with Crippen molar-refractivity contribution in [1.29, 1.82) is 0 Å². The van der Waals surface area contributed by atoms with Crippen LogP contribution in [-0.2, 0) is 0 Å². The third kappa shape index (κ3) is 6.21. The summed E-state index contributed by atoms with van der Waals surface area (Å²) in [5, 5.41) is 0. The first-order valence-corrected chi connectivity index (χ1v) is 7.48. The van der Waals surface area contributed by atoms with E-state index < -0.39 is 0 Å². The molecule has 0 fully saturated rings. The van der Waals surface area contributed by atoms with Crippen LogP contribution in [0.2, 0.25) is 0 Å².